The van der Waals surface area contributed by atoms with Crippen LogP contribution in [0.1, 0.15) is 37.6 Å². The third-order valence-corrected chi connectivity index (χ3v) is 3.54. The Morgan fingerprint density at radius 3 is 2.77 bits per heavy atom. The van der Waals surface area contributed by atoms with Gasteiger partial charge in [0, 0.05) is 0 Å². The van der Waals surface area contributed by atoms with E-state index in [2.05, 4.69) is 10.3 Å². The van der Waals surface area contributed by atoms with Gasteiger partial charge in [-0.25, -0.2) is 9.48 Å². The number of nitrogens with zero attached hydrogens (tertiary/aromatic N) is 4. The first kappa shape index (κ1) is 14.6. The number of carbonyl (C=O) groups is 1. The molecule has 6 nitrogen and oxygen atoms in total. The van der Waals surface area contributed by atoms with Crippen LogP contribution in [0.15, 0.2) is 24.4 Å². The Bertz CT molecular complexity index is 715. The fourth-order valence-electron chi connectivity index (χ4n) is 2.64. The second-order valence-electron chi connectivity index (χ2n) is 6.53. The Morgan fingerprint density at radius 1 is 1.27 bits per heavy atom. The molecule has 116 valence electrons. The van der Waals surface area contributed by atoms with E-state index in [9.17, 15) is 4.79 Å². The Labute approximate surface area is 129 Å². The number of aryl methyl sites for hydroxylation is 1. The number of ether oxygens (including phenoxy) is 1. The second-order valence-corrected chi connectivity index (χ2v) is 6.53. The lowest BCUT2D eigenvalue weighted by molar-refractivity contribution is 0.0577. The zero-order valence-corrected chi connectivity index (χ0v) is 13.3. The summed E-state index contributed by atoms with van der Waals surface area (Å²) in [6.07, 6.45) is 1.34. The zero-order chi connectivity index (χ0) is 15.9. The number of para-hydroxylation sites is 1. The van der Waals surface area contributed by atoms with Crippen molar-refractivity contribution in [3.8, 4) is 0 Å². The monoisotopic (exact) mass is 300 g/mol. The van der Waals surface area contributed by atoms with Crippen molar-refractivity contribution in [2.24, 2.45) is 0 Å². The van der Waals surface area contributed by atoms with Gasteiger partial charge < -0.3 is 4.74 Å². The van der Waals surface area contributed by atoms with E-state index in [0.29, 0.717) is 13.1 Å². The van der Waals surface area contributed by atoms with Crippen LogP contribution in [0.5, 0.6) is 0 Å². The molecule has 0 radical (unpaired) electrons. The van der Waals surface area contributed by atoms with E-state index in [1.165, 1.54) is 0 Å². The summed E-state index contributed by atoms with van der Waals surface area (Å²) in [4.78, 5) is 14.3. The fraction of sp³-hybridized carbons (Fsp3) is 0.438. The smallest absolute Gasteiger partial charge is 0.415 e. The predicted octanol–water partition coefficient (Wildman–Crippen LogP) is 2.89. The first-order valence-electron chi connectivity index (χ1n) is 7.31. The van der Waals surface area contributed by atoms with Crippen LogP contribution in [-0.2, 0) is 17.8 Å². The summed E-state index contributed by atoms with van der Waals surface area (Å²) in [7, 11) is 0. The number of benzene rings is 1. The van der Waals surface area contributed by atoms with Crippen LogP contribution in [0.4, 0.5) is 10.5 Å². The predicted molar refractivity (Wildman–Crippen MR) is 82.7 cm³/mol. The van der Waals surface area contributed by atoms with E-state index >= 15 is 0 Å². The molecule has 0 bridgehead atoms. The minimum atomic E-state index is -0.537. The standard InChI is InChI=1S/C16H20N4O2/c1-11-6-5-7-12-9-20-13(8-17-18-20)10-19(14(11)12)15(21)22-16(2,3)4/h5-8H,9-10H2,1-4H3. The van der Waals surface area contributed by atoms with E-state index in [0.717, 1.165) is 22.5 Å². The minimum Gasteiger partial charge on any atom is -0.443 e. The molecule has 0 saturated carbocycles. The highest BCUT2D eigenvalue weighted by Gasteiger charge is 2.29. The van der Waals surface area contributed by atoms with Crippen LogP contribution < -0.4 is 4.90 Å². The third kappa shape index (κ3) is 2.68. The van der Waals surface area contributed by atoms with E-state index in [1.807, 2.05) is 50.6 Å². The molecule has 2 aromatic rings. The lowest BCUT2D eigenvalue weighted by Crippen LogP contribution is -2.37. The molecule has 3 rings (SSSR count). The van der Waals surface area contributed by atoms with Gasteiger partial charge in [-0.05, 0) is 38.8 Å². The van der Waals surface area contributed by atoms with Crippen molar-refractivity contribution < 1.29 is 9.53 Å². The maximum atomic E-state index is 12.7. The van der Waals surface area contributed by atoms with Gasteiger partial charge in [-0.1, -0.05) is 23.4 Å². The molecule has 0 fully saturated rings. The van der Waals surface area contributed by atoms with E-state index in [4.69, 9.17) is 4.74 Å². The summed E-state index contributed by atoms with van der Waals surface area (Å²) in [5.74, 6) is 0. The summed E-state index contributed by atoms with van der Waals surface area (Å²) >= 11 is 0. The molecule has 1 aromatic heterocycles. The summed E-state index contributed by atoms with van der Waals surface area (Å²) in [6, 6.07) is 6.00. The van der Waals surface area contributed by atoms with Crippen LogP contribution >= 0.6 is 0 Å². The first-order valence-corrected chi connectivity index (χ1v) is 7.31. The SMILES string of the molecule is Cc1cccc2c1N(C(=O)OC(C)(C)C)Cc1cnnn1C2. The van der Waals surface area contributed by atoms with Crippen LogP contribution in [0.2, 0.25) is 0 Å². The maximum absolute atomic E-state index is 12.7. The molecule has 1 aliphatic rings. The van der Waals surface area contributed by atoms with Crippen molar-refractivity contribution in [2.45, 2.75) is 46.4 Å². The number of hydrogen-bond donors (Lipinski definition) is 0. The topological polar surface area (TPSA) is 60.3 Å². The fourth-order valence-corrected chi connectivity index (χ4v) is 2.64. The van der Waals surface area contributed by atoms with E-state index < -0.39 is 5.60 Å². The molecule has 0 unspecified atom stereocenters. The molecule has 6 heteroatoms. The quantitative estimate of drug-likeness (QED) is 0.750. The van der Waals surface area contributed by atoms with Crippen LogP contribution in [0.25, 0.3) is 0 Å². The van der Waals surface area contributed by atoms with Gasteiger partial charge in [0.25, 0.3) is 0 Å². The molecule has 22 heavy (non-hydrogen) atoms. The summed E-state index contributed by atoms with van der Waals surface area (Å²) in [5.41, 5.74) is 3.34. The second kappa shape index (κ2) is 5.12. The largest absolute Gasteiger partial charge is 0.443 e. The molecule has 1 aromatic carbocycles. The highest BCUT2D eigenvalue weighted by molar-refractivity contribution is 5.90. The minimum absolute atomic E-state index is 0.349. The Kier molecular flexibility index (Phi) is 3.39. The highest BCUT2D eigenvalue weighted by Crippen LogP contribution is 2.31. The zero-order valence-electron chi connectivity index (χ0n) is 13.3. The molecular weight excluding hydrogens is 280 g/mol. The Morgan fingerprint density at radius 2 is 2.05 bits per heavy atom. The molecule has 1 aliphatic heterocycles. The number of fused-ring (bicyclic) bond motifs is 2. The normalized spacial score (nSPS) is 14.1. The number of rotatable bonds is 0. The molecule has 0 saturated heterocycles. The summed E-state index contributed by atoms with van der Waals surface area (Å²) in [5, 5.41) is 8.04. The van der Waals surface area contributed by atoms with Gasteiger partial charge in [-0.15, -0.1) is 5.10 Å². The van der Waals surface area contributed by atoms with Gasteiger partial charge in [0.1, 0.15) is 5.60 Å². The van der Waals surface area contributed by atoms with Gasteiger partial charge in [0.05, 0.1) is 30.7 Å². The molecular formula is C16H20N4O2. The Hall–Kier alpha value is -2.37. The lowest BCUT2D eigenvalue weighted by Gasteiger charge is -2.28. The number of anilines is 1. The first-order chi connectivity index (χ1) is 10.3. The van der Waals surface area contributed by atoms with Gasteiger partial charge >= 0.3 is 6.09 Å². The average Bonchev–Trinajstić information content (AvgIpc) is 2.76. The number of amides is 1. The van der Waals surface area contributed by atoms with Crippen LogP contribution in [-0.4, -0.2) is 26.7 Å². The highest BCUT2D eigenvalue weighted by atomic mass is 16.6. The molecule has 0 N–H and O–H groups in total. The van der Waals surface area contributed by atoms with Crippen LogP contribution in [0, 0.1) is 6.92 Å². The van der Waals surface area contributed by atoms with Gasteiger partial charge in [-0.3, -0.25) is 4.90 Å². The summed E-state index contributed by atoms with van der Waals surface area (Å²) in [6.45, 7) is 8.61. The molecule has 0 spiro atoms. The van der Waals surface area contributed by atoms with Gasteiger partial charge in [-0.2, -0.15) is 0 Å². The maximum Gasteiger partial charge on any atom is 0.415 e. The van der Waals surface area contributed by atoms with Crippen molar-refractivity contribution in [3.05, 3.63) is 41.2 Å². The van der Waals surface area contributed by atoms with E-state index in [-0.39, 0.29) is 6.09 Å². The van der Waals surface area contributed by atoms with Crippen molar-refractivity contribution in [1.29, 1.82) is 0 Å². The lowest BCUT2D eigenvalue weighted by atomic mass is 10.1. The number of aromatic nitrogens is 3. The van der Waals surface area contributed by atoms with Crippen molar-refractivity contribution in [1.82, 2.24) is 15.0 Å². The van der Waals surface area contributed by atoms with Gasteiger partial charge in [0.2, 0.25) is 0 Å². The van der Waals surface area contributed by atoms with Crippen LogP contribution in [0.3, 0.4) is 0 Å². The third-order valence-electron chi connectivity index (χ3n) is 3.54. The number of hydrogen-bond acceptors (Lipinski definition) is 4. The molecule has 2 heterocycles. The molecule has 0 atom stereocenters. The van der Waals surface area contributed by atoms with Crippen molar-refractivity contribution in [2.75, 3.05) is 4.90 Å². The van der Waals surface area contributed by atoms with Crippen molar-refractivity contribution >= 4 is 11.8 Å². The van der Waals surface area contributed by atoms with Crippen molar-refractivity contribution in [3.63, 3.8) is 0 Å². The molecule has 0 aliphatic carbocycles. The van der Waals surface area contributed by atoms with E-state index in [1.54, 1.807) is 11.1 Å². The average molecular weight is 300 g/mol. The molecule has 1 amide bonds. The van der Waals surface area contributed by atoms with Gasteiger partial charge in [0.15, 0.2) is 0 Å². The summed E-state index contributed by atoms with van der Waals surface area (Å²) < 4.78 is 7.40. The number of carbonyl (C=O) groups excluding carboxylic acids is 1. The Balaban J connectivity index is 2.07.